The Labute approximate surface area is 186 Å². The fourth-order valence-electron chi connectivity index (χ4n) is 3.14. The van der Waals surface area contributed by atoms with E-state index in [0.717, 1.165) is 23.4 Å². The highest BCUT2D eigenvalue weighted by molar-refractivity contribution is 7.92. The van der Waals surface area contributed by atoms with Gasteiger partial charge in [0, 0.05) is 6.54 Å². The number of ether oxygens (including phenoxy) is 1. The third kappa shape index (κ3) is 8.25. The molecule has 1 amide bonds. The van der Waals surface area contributed by atoms with Crippen molar-refractivity contribution in [3.8, 4) is 5.75 Å². The fraction of sp³-hybridized carbons (Fsp3) is 0.458. The van der Waals surface area contributed by atoms with Crippen LogP contribution in [-0.2, 0) is 21.2 Å². The highest BCUT2D eigenvalue weighted by atomic mass is 32.2. The zero-order chi connectivity index (χ0) is 23.0. The molecule has 0 unspecified atom stereocenters. The van der Waals surface area contributed by atoms with E-state index in [1.807, 2.05) is 13.8 Å². The van der Waals surface area contributed by atoms with Crippen LogP contribution in [0.25, 0.3) is 0 Å². The zero-order valence-corrected chi connectivity index (χ0v) is 19.9. The van der Waals surface area contributed by atoms with Gasteiger partial charge in [-0.2, -0.15) is 0 Å². The molecule has 0 saturated carbocycles. The Morgan fingerprint density at radius 1 is 1.00 bits per heavy atom. The monoisotopic (exact) mass is 446 g/mol. The van der Waals surface area contributed by atoms with Gasteiger partial charge in [-0.1, -0.05) is 38.1 Å². The van der Waals surface area contributed by atoms with Gasteiger partial charge in [0.15, 0.2) is 0 Å². The lowest BCUT2D eigenvalue weighted by atomic mass is 10.0. The molecule has 7 heteroatoms. The molecule has 0 spiro atoms. The van der Waals surface area contributed by atoms with E-state index in [-0.39, 0.29) is 18.6 Å². The molecule has 0 atom stereocenters. The molecule has 6 nitrogen and oxygen atoms in total. The predicted octanol–water partition coefficient (Wildman–Crippen LogP) is 4.11. The van der Waals surface area contributed by atoms with Gasteiger partial charge < -0.3 is 10.1 Å². The highest BCUT2D eigenvalue weighted by Crippen LogP contribution is 2.22. The number of hydrogen-bond acceptors (Lipinski definition) is 4. The molecule has 0 aliphatic rings. The van der Waals surface area contributed by atoms with Crippen LogP contribution in [0, 0.1) is 0 Å². The molecule has 31 heavy (non-hydrogen) atoms. The third-order valence-electron chi connectivity index (χ3n) is 4.79. The van der Waals surface area contributed by atoms with Gasteiger partial charge in [0.25, 0.3) is 0 Å². The molecule has 2 rings (SSSR count). The van der Waals surface area contributed by atoms with E-state index in [0.29, 0.717) is 23.9 Å². The molecule has 1 N–H and O–H groups in total. The van der Waals surface area contributed by atoms with E-state index in [1.54, 1.807) is 24.3 Å². The molecule has 0 aliphatic heterocycles. The zero-order valence-electron chi connectivity index (χ0n) is 19.1. The minimum absolute atomic E-state index is 0.0239. The summed E-state index contributed by atoms with van der Waals surface area (Å²) in [6.07, 6.45) is 2.76. The van der Waals surface area contributed by atoms with Crippen LogP contribution in [0.15, 0.2) is 48.5 Å². The van der Waals surface area contributed by atoms with Gasteiger partial charge in [0.2, 0.25) is 15.9 Å². The number of rotatable bonds is 11. The average molecular weight is 447 g/mol. The largest absolute Gasteiger partial charge is 0.491 e. The summed E-state index contributed by atoms with van der Waals surface area (Å²) in [5.41, 5.74) is 2.96. The molecule has 0 radical (unpaired) electrons. The predicted molar refractivity (Wildman–Crippen MR) is 126 cm³/mol. The molecule has 0 fully saturated rings. The second-order valence-electron chi connectivity index (χ2n) is 8.28. The molecule has 0 saturated heterocycles. The molecule has 0 heterocycles. The van der Waals surface area contributed by atoms with Gasteiger partial charge >= 0.3 is 0 Å². The molecular weight excluding hydrogens is 412 g/mol. The van der Waals surface area contributed by atoms with Crippen LogP contribution in [0.5, 0.6) is 5.75 Å². The van der Waals surface area contributed by atoms with Gasteiger partial charge in [0.1, 0.15) is 12.3 Å². The Hall–Kier alpha value is -2.54. The number of hydrogen-bond donors (Lipinski definition) is 1. The van der Waals surface area contributed by atoms with Crippen LogP contribution in [0.3, 0.4) is 0 Å². The number of nitrogens with one attached hydrogen (secondary N) is 1. The molecule has 0 bridgehead atoms. The molecule has 0 aromatic heterocycles. The minimum atomic E-state index is -3.60. The van der Waals surface area contributed by atoms with Gasteiger partial charge in [-0.05, 0) is 68.0 Å². The van der Waals surface area contributed by atoms with E-state index in [1.165, 1.54) is 11.1 Å². The van der Waals surface area contributed by atoms with Gasteiger partial charge in [-0.3, -0.25) is 9.10 Å². The van der Waals surface area contributed by atoms with Crippen LogP contribution in [0.4, 0.5) is 5.69 Å². The van der Waals surface area contributed by atoms with Crippen molar-refractivity contribution in [2.24, 2.45) is 0 Å². The van der Waals surface area contributed by atoms with Crippen LogP contribution in [-0.4, -0.2) is 39.8 Å². The molecular formula is C24H34N2O4S. The normalized spacial score (nSPS) is 11.6. The molecule has 170 valence electrons. The number of amides is 1. The van der Waals surface area contributed by atoms with Crippen LogP contribution < -0.4 is 14.4 Å². The Bertz CT molecular complexity index is 937. The van der Waals surface area contributed by atoms with E-state index < -0.39 is 10.0 Å². The van der Waals surface area contributed by atoms with Crippen molar-refractivity contribution in [2.75, 3.05) is 23.7 Å². The first kappa shape index (κ1) is 24.7. The van der Waals surface area contributed by atoms with Crippen molar-refractivity contribution in [3.05, 3.63) is 59.7 Å². The summed E-state index contributed by atoms with van der Waals surface area (Å²) in [4.78, 5) is 12.4. The van der Waals surface area contributed by atoms with Gasteiger partial charge in [-0.15, -0.1) is 0 Å². The first-order valence-electron chi connectivity index (χ1n) is 10.7. The Morgan fingerprint density at radius 2 is 1.61 bits per heavy atom. The highest BCUT2D eigenvalue weighted by Gasteiger charge is 2.20. The summed E-state index contributed by atoms with van der Waals surface area (Å²) in [6.45, 7) is 8.40. The first-order valence-corrected chi connectivity index (χ1v) is 12.5. The number of anilines is 1. The number of benzene rings is 2. The summed E-state index contributed by atoms with van der Waals surface area (Å²) < 4.78 is 31.2. The number of sulfonamides is 1. The maximum atomic E-state index is 12.4. The summed E-state index contributed by atoms with van der Waals surface area (Å²) >= 11 is 0. The third-order valence-corrected chi connectivity index (χ3v) is 5.94. The number of carbonyl (C=O) groups excluding carboxylic acids is 1. The first-order chi connectivity index (χ1) is 14.6. The van der Waals surface area contributed by atoms with Crippen molar-refractivity contribution in [1.29, 1.82) is 0 Å². The number of nitrogens with zero attached hydrogens (tertiary/aromatic N) is 1. The minimum Gasteiger partial charge on any atom is -0.491 e. The van der Waals surface area contributed by atoms with Gasteiger partial charge in [0.05, 0.1) is 18.0 Å². The average Bonchev–Trinajstić information content (AvgIpc) is 2.69. The Balaban J connectivity index is 1.88. The Kier molecular flexibility index (Phi) is 8.92. The fourth-order valence-corrected chi connectivity index (χ4v) is 4.00. The van der Waals surface area contributed by atoms with Crippen LogP contribution >= 0.6 is 0 Å². The van der Waals surface area contributed by atoms with Gasteiger partial charge in [-0.25, -0.2) is 8.42 Å². The second kappa shape index (κ2) is 11.2. The van der Waals surface area contributed by atoms with E-state index in [9.17, 15) is 13.2 Å². The van der Waals surface area contributed by atoms with Crippen molar-refractivity contribution in [3.63, 3.8) is 0 Å². The molecule has 2 aromatic rings. The van der Waals surface area contributed by atoms with Crippen molar-refractivity contribution < 1.29 is 17.9 Å². The lowest BCUT2D eigenvalue weighted by Crippen LogP contribution is -2.40. The summed E-state index contributed by atoms with van der Waals surface area (Å²) in [5.74, 6) is 0.825. The lowest BCUT2D eigenvalue weighted by molar-refractivity contribution is -0.119. The van der Waals surface area contributed by atoms with Crippen molar-refractivity contribution in [1.82, 2.24) is 5.32 Å². The smallest absolute Gasteiger partial charge is 0.240 e. The quantitative estimate of drug-likeness (QED) is 0.527. The summed E-state index contributed by atoms with van der Waals surface area (Å²) in [6, 6.07) is 15.2. The Morgan fingerprint density at radius 3 is 2.13 bits per heavy atom. The van der Waals surface area contributed by atoms with Crippen LogP contribution in [0.2, 0.25) is 0 Å². The van der Waals surface area contributed by atoms with E-state index >= 15 is 0 Å². The maximum Gasteiger partial charge on any atom is 0.240 e. The number of aryl methyl sites for hydroxylation is 1. The number of carbonyl (C=O) groups is 1. The maximum absolute atomic E-state index is 12.4. The molecule has 2 aromatic carbocycles. The van der Waals surface area contributed by atoms with Crippen molar-refractivity contribution in [2.45, 2.75) is 52.6 Å². The lowest BCUT2D eigenvalue weighted by Gasteiger charge is -2.22. The summed E-state index contributed by atoms with van der Waals surface area (Å²) in [5, 5.41) is 2.82. The second-order valence-corrected chi connectivity index (χ2v) is 10.2. The van der Waals surface area contributed by atoms with Crippen molar-refractivity contribution >= 4 is 21.6 Å². The van der Waals surface area contributed by atoms with E-state index in [4.69, 9.17) is 4.74 Å². The van der Waals surface area contributed by atoms with E-state index in [2.05, 4.69) is 43.4 Å². The summed E-state index contributed by atoms with van der Waals surface area (Å²) in [7, 11) is -3.60. The van der Waals surface area contributed by atoms with Crippen LogP contribution in [0.1, 0.15) is 51.2 Å². The molecule has 0 aliphatic carbocycles. The topological polar surface area (TPSA) is 75.7 Å². The SMILES string of the molecule is CC(C)Oc1ccc(N(CC(=O)NCCCc2ccc(C(C)C)cc2)S(C)(=O)=O)cc1. The standard InChI is InChI=1S/C24H34N2O4S/c1-18(2)21-10-8-20(9-11-21)7-6-16-25-24(27)17-26(31(5,28)29)22-12-14-23(15-13-22)30-19(3)4/h8-15,18-19H,6-7,16-17H2,1-5H3,(H,25,27).